The van der Waals surface area contributed by atoms with Crippen LogP contribution in [0.15, 0.2) is 23.8 Å². The lowest BCUT2D eigenvalue weighted by Gasteiger charge is -2.35. The number of aliphatic hydroxyl groups is 1. The number of allylic oxidation sites excluding steroid dienone is 3. The van der Waals surface area contributed by atoms with Crippen LogP contribution in [0.4, 0.5) is 4.79 Å². The zero-order valence-corrected chi connectivity index (χ0v) is 28.9. The van der Waals surface area contributed by atoms with E-state index in [0.29, 0.717) is 19.5 Å². The van der Waals surface area contributed by atoms with Gasteiger partial charge in [0.25, 0.3) is 0 Å². The lowest BCUT2D eigenvalue weighted by atomic mass is 9.85. The molecule has 0 unspecified atom stereocenters. The van der Waals surface area contributed by atoms with Crippen LogP contribution in [0.3, 0.4) is 0 Å². The minimum atomic E-state index is -1.34. The Balaban J connectivity index is -0.00000110. The number of carbonyl (C=O) groups excluding carboxylic acids is 2. The average molecular weight is 666 g/mol. The molecule has 12 heteroatoms. The number of carboxylic acid groups (broad SMARTS) is 1. The molecule has 0 aromatic heterocycles. The zero-order valence-electron chi connectivity index (χ0n) is 28.9. The van der Waals surface area contributed by atoms with E-state index in [1.807, 2.05) is 20.0 Å². The molecule has 0 aromatic carbocycles. The Kier molecular flexibility index (Phi) is 14.1. The van der Waals surface area contributed by atoms with Gasteiger partial charge in [0.05, 0.1) is 42.5 Å². The quantitative estimate of drug-likeness (QED) is 0.162. The van der Waals surface area contributed by atoms with Crippen molar-refractivity contribution in [2.24, 2.45) is 17.8 Å². The van der Waals surface area contributed by atoms with E-state index in [4.69, 9.17) is 18.9 Å². The molecule has 2 amide bonds. The Morgan fingerprint density at radius 3 is 2.43 bits per heavy atom. The van der Waals surface area contributed by atoms with Crippen LogP contribution >= 0.6 is 0 Å². The lowest BCUT2D eigenvalue weighted by Crippen LogP contribution is -2.50. The standard InChI is InChI=1S/C34H57N3O9.7H2/c1-21(19-34(6)31(46-34)24(4)30(43-8)25(5)38)10-9-11-22(2)29-23(3)12-13-26(45-29)18-28(39)35-27(32(40)41)20-44-33(42)37-16-14-36(7)15-17-37;;;;;;;/h9-11,21,23-27,29-31,38H,12-20H2,1-8H3,(H,35,39)(H,40,41);7*1H/b10-9+,22-11+;;;;;;;/t21-,23+,24-,25-,26-,27+,29-,30-,31-,34-;;;;;;;/m1......./s1. The third-order valence-corrected chi connectivity index (χ3v) is 9.64. The molecule has 0 bridgehead atoms. The van der Waals surface area contributed by atoms with E-state index in [1.165, 1.54) is 0 Å². The highest BCUT2D eigenvalue weighted by molar-refractivity contribution is 5.84. The number of epoxide rings is 1. The minimum absolute atomic E-state index is 0. The summed E-state index contributed by atoms with van der Waals surface area (Å²) < 4.78 is 23.1. The van der Waals surface area contributed by atoms with Crippen LogP contribution in [0, 0.1) is 17.8 Å². The predicted molar refractivity (Wildman–Crippen MR) is 188 cm³/mol. The fourth-order valence-electron chi connectivity index (χ4n) is 6.89. The summed E-state index contributed by atoms with van der Waals surface area (Å²) in [5.74, 6) is -1.10. The van der Waals surface area contributed by atoms with Crippen molar-refractivity contribution in [2.75, 3.05) is 46.9 Å². The van der Waals surface area contributed by atoms with Crippen molar-refractivity contribution in [3.8, 4) is 0 Å². The third kappa shape index (κ3) is 10.8. The molecule has 0 radical (unpaired) electrons. The number of aliphatic hydroxyl groups excluding tert-OH is 1. The molecule has 3 rings (SSSR count). The number of aliphatic carboxylic acids is 1. The van der Waals surface area contributed by atoms with E-state index < -0.39 is 36.7 Å². The smallest absolute Gasteiger partial charge is 0.409 e. The van der Waals surface area contributed by atoms with Crippen LogP contribution in [0.5, 0.6) is 0 Å². The van der Waals surface area contributed by atoms with Gasteiger partial charge in [-0.25, -0.2) is 9.59 Å². The van der Waals surface area contributed by atoms with Crippen molar-refractivity contribution in [2.45, 2.75) is 109 Å². The SMILES string of the molecule is CO[C@H]([C@@H](C)[C@H]1O[C@]1(C)C[C@H](C)/C=C/C=C(\C)[C@H]1O[C@@H](CC(=O)N[C@@H](COC(=O)N2CCN(C)CC2)C(=O)O)CC[C@@H]1C)[C@@H](C)O.[HH].[HH].[HH].[HH].[HH].[HH].[HH]. The summed E-state index contributed by atoms with van der Waals surface area (Å²) >= 11 is 0. The van der Waals surface area contributed by atoms with Gasteiger partial charge < -0.3 is 44.3 Å². The van der Waals surface area contributed by atoms with Crippen LogP contribution in [0.2, 0.25) is 0 Å². The second kappa shape index (κ2) is 17.1. The molecule has 0 aliphatic carbocycles. The highest BCUT2D eigenvalue weighted by Crippen LogP contribution is 2.47. The summed E-state index contributed by atoms with van der Waals surface area (Å²) in [7, 11) is 3.59. The first kappa shape index (κ1) is 37.9. The topological polar surface area (TPSA) is 150 Å². The molecular weight excluding hydrogens is 594 g/mol. The van der Waals surface area contributed by atoms with Crippen molar-refractivity contribution < 1.29 is 53.5 Å². The number of piperazine rings is 1. The van der Waals surface area contributed by atoms with Crippen LogP contribution in [0.1, 0.15) is 77.2 Å². The Morgan fingerprint density at radius 1 is 1.15 bits per heavy atom. The Labute approximate surface area is 284 Å². The monoisotopic (exact) mass is 666 g/mol. The van der Waals surface area contributed by atoms with Crippen LogP contribution in [0.25, 0.3) is 0 Å². The summed E-state index contributed by atoms with van der Waals surface area (Å²) in [5.41, 5.74) is 0.800. The second-order valence-corrected chi connectivity index (χ2v) is 13.9. The van der Waals surface area contributed by atoms with Gasteiger partial charge in [0, 0.05) is 49.2 Å². The number of hydrogen-bond donors (Lipinski definition) is 3. The first-order chi connectivity index (χ1) is 21.6. The van der Waals surface area contributed by atoms with Gasteiger partial charge in [-0.1, -0.05) is 39.0 Å². The van der Waals surface area contributed by atoms with Gasteiger partial charge in [-0.3, -0.25) is 4.79 Å². The molecule has 10 atom stereocenters. The van der Waals surface area contributed by atoms with Crippen molar-refractivity contribution in [3.63, 3.8) is 0 Å². The van der Waals surface area contributed by atoms with E-state index in [0.717, 1.165) is 31.5 Å². The number of ether oxygens (including phenoxy) is 4. The van der Waals surface area contributed by atoms with Crippen molar-refractivity contribution >= 4 is 18.0 Å². The number of carbonyl (C=O) groups is 3. The molecule has 3 fully saturated rings. The largest absolute Gasteiger partial charge is 0.480 e. The van der Waals surface area contributed by atoms with Gasteiger partial charge in [-0.2, -0.15) is 0 Å². The van der Waals surface area contributed by atoms with Gasteiger partial charge in [0.1, 0.15) is 6.61 Å². The molecule has 3 saturated heterocycles. The van der Waals surface area contributed by atoms with E-state index >= 15 is 0 Å². The van der Waals surface area contributed by atoms with Gasteiger partial charge in [-0.05, 0) is 64.5 Å². The van der Waals surface area contributed by atoms with Crippen molar-refractivity contribution in [1.82, 2.24) is 15.1 Å². The van der Waals surface area contributed by atoms with Crippen LogP contribution in [-0.2, 0) is 28.5 Å². The molecule has 46 heavy (non-hydrogen) atoms. The predicted octanol–water partition coefficient (Wildman–Crippen LogP) is 4.95. The third-order valence-electron chi connectivity index (χ3n) is 9.64. The van der Waals surface area contributed by atoms with E-state index in [2.05, 4.69) is 50.1 Å². The summed E-state index contributed by atoms with van der Waals surface area (Å²) in [6.07, 6.45) is 6.81. The number of nitrogens with one attached hydrogen (secondary N) is 1. The number of nitrogens with zero attached hydrogens (tertiary/aromatic N) is 2. The maximum atomic E-state index is 12.8. The molecule has 3 aliphatic heterocycles. The van der Waals surface area contributed by atoms with Crippen LogP contribution < -0.4 is 5.32 Å². The van der Waals surface area contributed by atoms with E-state index in [-0.39, 0.29) is 64.2 Å². The number of hydrogen-bond acceptors (Lipinski definition) is 9. The Bertz CT molecular complexity index is 1120. The first-order valence-corrected chi connectivity index (χ1v) is 16.7. The Hall–Kier alpha value is -2.51. The van der Waals surface area contributed by atoms with Gasteiger partial charge in [-0.15, -0.1) is 0 Å². The maximum Gasteiger partial charge on any atom is 0.409 e. The van der Waals surface area contributed by atoms with E-state index in [9.17, 15) is 24.6 Å². The molecule has 3 N–H and O–H groups in total. The summed E-state index contributed by atoms with van der Waals surface area (Å²) in [5, 5.41) is 22.2. The molecular formula is C34H71N3O9. The lowest BCUT2D eigenvalue weighted by molar-refractivity contribution is -0.144. The number of amides is 2. The maximum absolute atomic E-state index is 12.8. The number of rotatable bonds is 15. The van der Waals surface area contributed by atoms with E-state index in [1.54, 1.807) is 18.9 Å². The fraction of sp³-hybridized carbons (Fsp3) is 0.794. The van der Waals surface area contributed by atoms with Gasteiger partial charge in [0.2, 0.25) is 5.91 Å². The fourth-order valence-corrected chi connectivity index (χ4v) is 6.89. The molecule has 0 aromatic rings. The number of likely N-dealkylation sites (N-methyl/N-ethyl adjacent to an activating group) is 1. The first-order valence-electron chi connectivity index (χ1n) is 16.7. The number of methoxy groups -OCH3 is 1. The minimum Gasteiger partial charge on any atom is -0.480 e. The molecule has 0 spiro atoms. The zero-order chi connectivity index (χ0) is 34.2. The van der Waals surface area contributed by atoms with Crippen molar-refractivity contribution in [1.29, 1.82) is 0 Å². The normalized spacial score (nSPS) is 30.7. The van der Waals surface area contributed by atoms with Gasteiger partial charge >= 0.3 is 12.1 Å². The summed E-state index contributed by atoms with van der Waals surface area (Å²) in [6.45, 7) is 14.2. The second-order valence-electron chi connectivity index (χ2n) is 13.9. The summed E-state index contributed by atoms with van der Waals surface area (Å²) in [6, 6.07) is -1.34. The van der Waals surface area contributed by atoms with Crippen molar-refractivity contribution in [3.05, 3.63) is 23.8 Å². The average Bonchev–Trinajstić information content (AvgIpc) is 3.66. The summed E-state index contributed by atoms with van der Waals surface area (Å²) in [4.78, 5) is 40.6. The van der Waals surface area contributed by atoms with Crippen LogP contribution in [-0.4, -0.2) is 127 Å². The Morgan fingerprint density at radius 2 is 1.83 bits per heavy atom. The molecule has 276 valence electrons. The molecule has 3 heterocycles. The molecule has 0 saturated carbocycles. The molecule has 3 aliphatic rings. The highest BCUT2D eigenvalue weighted by atomic mass is 16.6. The molecule has 12 nitrogen and oxygen atoms in total. The highest BCUT2D eigenvalue weighted by Gasteiger charge is 2.56. The number of carboxylic acids is 1. The van der Waals surface area contributed by atoms with Gasteiger partial charge in [0.15, 0.2) is 6.04 Å².